The molecule has 6 nitrogen and oxygen atoms in total. The van der Waals surface area contributed by atoms with Crippen molar-refractivity contribution < 1.29 is 14.5 Å². The van der Waals surface area contributed by atoms with Crippen molar-refractivity contribution in [1.82, 2.24) is 4.31 Å². The van der Waals surface area contributed by atoms with Gasteiger partial charge in [0.1, 0.15) is 10.9 Å². The van der Waals surface area contributed by atoms with E-state index in [1.54, 1.807) is 12.1 Å². The van der Waals surface area contributed by atoms with E-state index in [2.05, 4.69) is 15.9 Å². The first-order chi connectivity index (χ1) is 9.52. The first-order valence-electron chi connectivity index (χ1n) is 5.99. The van der Waals surface area contributed by atoms with Gasteiger partial charge in [0.15, 0.2) is 0 Å². The third-order valence-electron chi connectivity index (χ3n) is 3.01. The molecule has 0 amide bonds. The van der Waals surface area contributed by atoms with Gasteiger partial charge in [-0.3, -0.25) is 14.9 Å². The molecule has 1 aromatic rings. The van der Waals surface area contributed by atoms with Gasteiger partial charge in [-0.2, -0.15) is 0 Å². The van der Waals surface area contributed by atoms with Gasteiger partial charge < -0.3 is 4.74 Å². The van der Waals surface area contributed by atoms with Crippen LogP contribution in [0.5, 0.6) is 0 Å². The van der Waals surface area contributed by atoms with Gasteiger partial charge in [0.25, 0.3) is 5.69 Å². The maximum Gasteiger partial charge on any atom is 0.323 e. The van der Waals surface area contributed by atoms with Crippen molar-refractivity contribution in [3.63, 3.8) is 0 Å². The van der Waals surface area contributed by atoms with Gasteiger partial charge in [0, 0.05) is 17.1 Å². The second-order valence-corrected chi connectivity index (χ2v) is 6.29. The number of halogens is 1. The molecular formula is C12H13BrN2O4S. The molecular weight excluding hydrogens is 348 g/mol. The monoisotopic (exact) mass is 360 g/mol. The van der Waals surface area contributed by atoms with E-state index in [1.807, 2.05) is 4.31 Å². The van der Waals surface area contributed by atoms with E-state index in [0.717, 1.165) is 6.42 Å². The Bertz CT molecular complexity index is 540. The summed E-state index contributed by atoms with van der Waals surface area (Å²) in [6, 6.07) is 4.55. The molecule has 0 bridgehead atoms. The van der Waals surface area contributed by atoms with Gasteiger partial charge in [0.05, 0.1) is 12.0 Å². The normalized spacial score (nSPS) is 19.0. The van der Waals surface area contributed by atoms with Crippen molar-refractivity contribution in [1.29, 1.82) is 0 Å². The topological polar surface area (TPSA) is 72.7 Å². The highest BCUT2D eigenvalue weighted by molar-refractivity contribution is 9.10. The van der Waals surface area contributed by atoms with Crippen LogP contribution >= 0.6 is 27.9 Å². The zero-order valence-corrected chi connectivity index (χ0v) is 13.1. The minimum absolute atomic E-state index is 0.0277. The first-order valence-corrected chi connectivity index (χ1v) is 7.56. The lowest BCUT2D eigenvalue weighted by atomic mass is 10.2. The largest absolute Gasteiger partial charge is 0.468 e. The van der Waals surface area contributed by atoms with Crippen LogP contribution in [0.3, 0.4) is 0 Å². The molecule has 0 saturated carbocycles. The zero-order chi connectivity index (χ0) is 14.7. The van der Waals surface area contributed by atoms with Gasteiger partial charge in [-0.15, -0.1) is 0 Å². The van der Waals surface area contributed by atoms with Crippen LogP contribution in [0.25, 0.3) is 0 Å². The number of esters is 1. The number of hydrogen-bond donors (Lipinski definition) is 0. The molecule has 0 aromatic heterocycles. The summed E-state index contributed by atoms with van der Waals surface area (Å²) in [6.45, 7) is 0.706. The summed E-state index contributed by atoms with van der Waals surface area (Å²) in [5.74, 6) is -0.297. The minimum Gasteiger partial charge on any atom is -0.468 e. The molecule has 1 unspecified atom stereocenters. The van der Waals surface area contributed by atoms with Crippen molar-refractivity contribution in [3.05, 3.63) is 32.8 Å². The lowest BCUT2D eigenvalue weighted by Crippen LogP contribution is -2.32. The van der Waals surface area contributed by atoms with E-state index in [1.165, 1.54) is 25.1 Å². The van der Waals surface area contributed by atoms with Crippen molar-refractivity contribution in [3.8, 4) is 0 Å². The Morgan fingerprint density at radius 2 is 2.35 bits per heavy atom. The fourth-order valence-electron chi connectivity index (χ4n) is 2.06. The lowest BCUT2D eigenvalue weighted by Gasteiger charge is -2.20. The number of hydrogen-bond acceptors (Lipinski definition) is 6. The van der Waals surface area contributed by atoms with Gasteiger partial charge in [0.2, 0.25) is 0 Å². The number of carbonyl (C=O) groups excluding carboxylic acids is 1. The van der Waals surface area contributed by atoms with Crippen LogP contribution in [0.2, 0.25) is 0 Å². The molecule has 0 spiro atoms. The smallest absolute Gasteiger partial charge is 0.323 e. The molecule has 1 atom stereocenters. The summed E-state index contributed by atoms with van der Waals surface area (Å²) in [7, 11) is 1.35. The van der Waals surface area contributed by atoms with Crippen LogP contribution in [-0.4, -0.2) is 34.9 Å². The van der Waals surface area contributed by atoms with E-state index >= 15 is 0 Å². The number of nitro benzene ring substituents is 1. The Morgan fingerprint density at radius 3 is 3.00 bits per heavy atom. The van der Waals surface area contributed by atoms with Crippen molar-refractivity contribution in [2.75, 3.05) is 13.7 Å². The molecule has 1 heterocycles. The highest BCUT2D eigenvalue weighted by Gasteiger charge is 2.33. The van der Waals surface area contributed by atoms with E-state index in [-0.39, 0.29) is 17.7 Å². The molecule has 1 saturated heterocycles. The Morgan fingerprint density at radius 1 is 1.60 bits per heavy atom. The highest BCUT2D eigenvalue weighted by atomic mass is 79.9. The molecule has 0 radical (unpaired) electrons. The predicted molar refractivity (Wildman–Crippen MR) is 78.4 cm³/mol. The second-order valence-electron chi connectivity index (χ2n) is 4.28. The molecule has 1 aliphatic rings. The lowest BCUT2D eigenvalue weighted by molar-refractivity contribution is -0.387. The quantitative estimate of drug-likeness (QED) is 0.355. The molecule has 0 aliphatic carbocycles. The van der Waals surface area contributed by atoms with Crippen LogP contribution in [0.1, 0.15) is 12.8 Å². The van der Waals surface area contributed by atoms with E-state index < -0.39 is 4.92 Å². The average Bonchev–Trinajstić information content (AvgIpc) is 2.87. The minimum atomic E-state index is -0.420. The van der Waals surface area contributed by atoms with Gasteiger partial charge in [-0.1, -0.05) is 15.9 Å². The summed E-state index contributed by atoms with van der Waals surface area (Å²) < 4.78 is 7.27. The third-order valence-corrected chi connectivity index (χ3v) is 4.72. The second kappa shape index (κ2) is 6.55. The van der Waals surface area contributed by atoms with E-state index in [4.69, 9.17) is 4.74 Å². The van der Waals surface area contributed by atoms with Gasteiger partial charge in [-0.25, -0.2) is 4.31 Å². The summed E-state index contributed by atoms with van der Waals surface area (Å²) in [4.78, 5) is 22.9. The van der Waals surface area contributed by atoms with Gasteiger partial charge >= 0.3 is 5.97 Å². The Labute approximate surface area is 128 Å². The summed E-state index contributed by atoms with van der Waals surface area (Å²) in [5, 5.41) is 11.1. The third kappa shape index (κ3) is 3.31. The van der Waals surface area contributed by atoms with Crippen LogP contribution in [0, 0.1) is 10.1 Å². The van der Waals surface area contributed by atoms with Crippen molar-refractivity contribution in [2.45, 2.75) is 23.8 Å². The van der Waals surface area contributed by atoms with Crippen LogP contribution in [-0.2, 0) is 9.53 Å². The van der Waals surface area contributed by atoms with Crippen LogP contribution in [0.15, 0.2) is 27.6 Å². The number of ether oxygens (including phenoxy) is 1. The fraction of sp³-hybridized carbons (Fsp3) is 0.417. The van der Waals surface area contributed by atoms with Crippen LogP contribution < -0.4 is 0 Å². The first kappa shape index (κ1) is 15.3. The average molecular weight is 361 g/mol. The Hall–Kier alpha value is -1.12. The number of nitrogens with zero attached hydrogens (tertiary/aromatic N) is 2. The standard InChI is InChI=1S/C12H13BrN2O4S/c1-19-12(16)9-3-2-6-14(9)20-11-5-4-8(13)7-10(11)15(17)18/h4-5,7,9H,2-3,6H2,1H3. The molecule has 1 fully saturated rings. The van der Waals surface area contributed by atoms with E-state index in [9.17, 15) is 14.9 Å². The maximum absolute atomic E-state index is 11.7. The molecule has 0 N–H and O–H groups in total. The summed E-state index contributed by atoms with van der Waals surface area (Å²) in [6.07, 6.45) is 1.58. The predicted octanol–water partition coefficient (Wildman–Crippen LogP) is 3.00. The highest BCUT2D eigenvalue weighted by Crippen LogP contribution is 2.37. The molecule has 1 aliphatic heterocycles. The molecule has 2 rings (SSSR count). The maximum atomic E-state index is 11.7. The van der Waals surface area contributed by atoms with Gasteiger partial charge in [-0.05, 0) is 36.9 Å². The number of nitro groups is 1. The van der Waals surface area contributed by atoms with E-state index in [0.29, 0.717) is 22.3 Å². The molecule has 1 aromatic carbocycles. The zero-order valence-electron chi connectivity index (χ0n) is 10.7. The molecule has 20 heavy (non-hydrogen) atoms. The Balaban J connectivity index is 2.21. The molecule has 8 heteroatoms. The summed E-state index contributed by atoms with van der Waals surface area (Å²) >= 11 is 4.46. The Kier molecular flexibility index (Phi) is 5.00. The van der Waals surface area contributed by atoms with Crippen molar-refractivity contribution >= 4 is 39.5 Å². The molecule has 108 valence electrons. The fourth-order valence-corrected chi connectivity index (χ4v) is 3.55. The van der Waals surface area contributed by atoms with Crippen LogP contribution in [0.4, 0.5) is 5.69 Å². The SMILES string of the molecule is COC(=O)C1CCCN1Sc1ccc(Br)cc1[N+](=O)[O-]. The number of rotatable bonds is 4. The summed E-state index contributed by atoms with van der Waals surface area (Å²) in [5.41, 5.74) is 0.0277. The van der Waals surface area contributed by atoms with Crippen molar-refractivity contribution in [2.24, 2.45) is 0 Å². The number of methoxy groups -OCH3 is 1. The number of carbonyl (C=O) groups is 1. The number of benzene rings is 1.